The van der Waals surface area contributed by atoms with Gasteiger partial charge in [0.2, 0.25) is 0 Å². The van der Waals surface area contributed by atoms with Crippen molar-refractivity contribution < 1.29 is 21.2 Å². The van der Waals surface area contributed by atoms with Gasteiger partial charge < -0.3 is 14.5 Å². The van der Waals surface area contributed by atoms with E-state index in [0.29, 0.717) is 51.3 Å². The zero-order valence-electron chi connectivity index (χ0n) is 59.7. The van der Waals surface area contributed by atoms with Gasteiger partial charge in [0.05, 0.1) is 44.5 Å². The summed E-state index contributed by atoms with van der Waals surface area (Å²) >= 11 is 0. The molecular weight excluding hydrogens is 985 g/mol. The van der Waals surface area contributed by atoms with Crippen LogP contribution in [0.5, 0.6) is 11.5 Å². The maximum Gasteiger partial charge on any atom is 0.137 e. The van der Waals surface area contributed by atoms with E-state index in [1.54, 1.807) is 28.8 Å². The molecule has 0 bridgehead atoms. The standard InChI is InChI=1S/C76H72N4O/c1-73(2,3)55-43-61(53-28-21-27-52(41-53)50-23-13-11-14-24-50)72(62(44-55)54-35-38-64-66(42-54)76(9,10)40-39-75(64,7)8)79-49-78(68-33-19-20-34-69(68)79)56-29-22-30-57(45-56)81-58-36-37-60-59-31-17-18-32-67(59)80(70(60)46-58)71-47-65(74(4,5)6)63(48-77-71)51-25-15-12-16-26-51/h11-38,41-48H,39-40,49H2,1-10H3/i12D,15D,16D,17D,18D,25D,26D,31D,32D,35D,38D,42D. The molecule has 1 aliphatic carbocycles. The molecule has 2 aromatic heterocycles. The molecule has 9 aromatic carbocycles. The van der Waals surface area contributed by atoms with Crippen molar-refractivity contribution in [3.8, 4) is 61.8 Å². The lowest BCUT2D eigenvalue weighted by Crippen LogP contribution is -2.33. The van der Waals surface area contributed by atoms with Gasteiger partial charge in [-0.05, 0) is 151 Å². The molecule has 402 valence electrons. The van der Waals surface area contributed by atoms with Crippen LogP contribution in [-0.2, 0) is 21.7 Å². The second-order valence-electron chi connectivity index (χ2n) is 25.0. The molecule has 5 nitrogen and oxygen atoms in total. The molecule has 0 radical (unpaired) electrons. The number of ether oxygens (including phenoxy) is 1. The lowest BCUT2D eigenvalue weighted by Gasteiger charge is -2.42. The van der Waals surface area contributed by atoms with Crippen molar-refractivity contribution in [3.05, 3.63) is 240 Å². The topological polar surface area (TPSA) is 33.5 Å². The van der Waals surface area contributed by atoms with Crippen LogP contribution in [0.15, 0.2) is 218 Å². The lowest BCUT2D eigenvalue weighted by molar-refractivity contribution is 0.332. The minimum absolute atomic E-state index is 0.00125. The molecule has 3 heterocycles. The molecule has 0 unspecified atom stereocenters. The minimum Gasteiger partial charge on any atom is -0.457 e. The zero-order valence-corrected chi connectivity index (χ0v) is 47.7. The Morgan fingerprint density at radius 3 is 1.90 bits per heavy atom. The van der Waals surface area contributed by atoms with E-state index in [1.165, 1.54) is 6.20 Å². The molecule has 81 heavy (non-hydrogen) atoms. The van der Waals surface area contributed by atoms with Crippen molar-refractivity contribution in [2.45, 2.75) is 104 Å². The van der Waals surface area contributed by atoms with Crippen molar-refractivity contribution in [1.82, 2.24) is 9.55 Å². The number of hydrogen-bond donors (Lipinski definition) is 0. The number of aromatic nitrogens is 2. The van der Waals surface area contributed by atoms with Gasteiger partial charge in [-0.25, -0.2) is 4.98 Å². The summed E-state index contributed by atoms with van der Waals surface area (Å²) < 4.78 is 118. The van der Waals surface area contributed by atoms with Gasteiger partial charge in [-0.15, -0.1) is 0 Å². The molecule has 11 aromatic rings. The molecule has 0 atom stereocenters. The van der Waals surface area contributed by atoms with Crippen LogP contribution in [0.3, 0.4) is 0 Å². The molecule has 0 amide bonds. The monoisotopic (exact) mass is 1070 g/mol. The summed E-state index contributed by atoms with van der Waals surface area (Å²) in [6.45, 7) is 21.3. The van der Waals surface area contributed by atoms with E-state index >= 15 is 0 Å². The van der Waals surface area contributed by atoms with E-state index in [0.717, 1.165) is 74.5 Å². The van der Waals surface area contributed by atoms with Gasteiger partial charge in [-0.1, -0.05) is 202 Å². The average Bonchev–Trinajstić information content (AvgIpc) is 1.40. The second kappa shape index (κ2) is 19.6. The third kappa shape index (κ3) is 9.37. The average molecular weight is 1070 g/mol. The predicted molar refractivity (Wildman–Crippen MR) is 342 cm³/mol. The van der Waals surface area contributed by atoms with Crippen LogP contribution in [0.4, 0.5) is 22.7 Å². The molecular formula is C76H72N4O. The van der Waals surface area contributed by atoms with Crippen LogP contribution in [0, 0.1) is 0 Å². The van der Waals surface area contributed by atoms with Gasteiger partial charge in [-0.2, -0.15) is 0 Å². The maximum absolute atomic E-state index is 10.4. The molecule has 0 spiro atoms. The summed E-state index contributed by atoms with van der Waals surface area (Å²) in [6, 6.07) is 43.4. The number of pyridine rings is 1. The fraction of sp³-hybridized carbons (Fsp3) is 0.224. The van der Waals surface area contributed by atoms with Crippen molar-refractivity contribution >= 4 is 44.6 Å². The highest BCUT2D eigenvalue weighted by atomic mass is 16.5. The van der Waals surface area contributed by atoms with Gasteiger partial charge in [0.1, 0.15) is 24.0 Å². The number of hydrogen-bond acceptors (Lipinski definition) is 4. The number of nitrogens with zero attached hydrogens (tertiary/aromatic N) is 4. The Kier molecular flexibility index (Phi) is 9.57. The van der Waals surface area contributed by atoms with Gasteiger partial charge in [0, 0.05) is 51.5 Å². The highest BCUT2D eigenvalue weighted by Crippen LogP contribution is 2.54. The SMILES string of the molecule is [2H]c1c([2H])c([2H])c(-c2cnc(-n3c4cc(Oc5cccc(N6CN(c7c(-c8cccc(-c9ccccc9)c8)cc(C(C)(C)C)cc7-c7c([2H])c([2H])c8c(c7[2H])C(C)(C)CCC8(C)C)c7ccccc76)c5)ccc4c4c([2H])c([2H])c([2H])c([2H])c43)cc2C(C)(C)C)c([2H])c1[2H]. The predicted octanol–water partition coefficient (Wildman–Crippen LogP) is 20.8. The van der Waals surface area contributed by atoms with Crippen LogP contribution in [0.25, 0.3) is 72.1 Å². The first kappa shape index (κ1) is 39.7. The van der Waals surface area contributed by atoms with E-state index in [-0.39, 0.29) is 70.0 Å². The van der Waals surface area contributed by atoms with E-state index in [1.807, 2.05) is 75.4 Å². The molecule has 2 aliphatic rings. The summed E-state index contributed by atoms with van der Waals surface area (Å²) in [7, 11) is 0. The fourth-order valence-electron chi connectivity index (χ4n) is 11.9. The quantitative estimate of drug-likeness (QED) is 0.144. The third-order valence-electron chi connectivity index (χ3n) is 16.5. The van der Waals surface area contributed by atoms with Crippen LogP contribution >= 0.6 is 0 Å². The minimum atomic E-state index is -0.685. The summed E-state index contributed by atoms with van der Waals surface area (Å²) in [5, 5.41) is 0.787. The normalized spacial score (nSPS) is 16.9. The van der Waals surface area contributed by atoms with Crippen molar-refractivity contribution in [2.75, 3.05) is 16.5 Å². The molecule has 0 saturated heterocycles. The molecule has 0 saturated carbocycles. The first-order valence-corrected chi connectivity index (χ1v) is 27.9. The van der Waals surface area contributed by atoms with Crippen molar-refractivity contribution in [3.63, 3.8) is 0 Å². The second-order valence-corrected chi connectivity index (χ2v) is 25.0. The zero-order chi connectivity index (χ0) is 66.4. The Bertz CT molecular complexity index is 4920. The molecule has 13 rings (SSSR count). The summed E-state index contributed by atoms with van der Waals surface area (Å²) in [6.07, 6.45) is 3.15. The molecule has 5 heteroatoms. The Morgan fingerprint density at radius 2 is 1.15 bits per heavy atom. The maximum atomic E-state index is 10.4. The Balaban J connectivity index is 0.964. The Hall–Kier alpha value is -8.67. The number of rotatable bonds is 9. The highest BCUT2D eigenvalue weighted by Gasteiger charge is 2.38. The van der Waals surface area contributed by atoms with Gasteiger partial charge >= 0.3 is 0 Å². The fourth-order valence-corrected chi connectivity index (χ4v) is 11.9. The van der Waals surface area contributed by atoms with Crippen LogP contribution in [0.1, 0.15) is 121 Å². The van der Waals surface area contributed by atoms with Crippen LogP contribution in [0.2, 0.25) is 0 Å². The molecule has 1 aliphatic heterocycles. The lowest BCUT2D eigenvalue weighted by atomic mass is 9.63. The molecule has 0 fully saturated rings. The van der Waals surface area contributed by atoms with Gasteiger partial charge in [0.25, 0.3) is 0 Å². The summed E-state index contributed by atoms with van der Waals surface area (Å²) in [5.41, 5.74) is 10.8. The van der Waals surface area contributed by atoms with Crippen molar-refractivity contribution in [2.24, 2.45) is 0 Å². The third-order valence-corrected chi connectivity index (χ3v) is 16.5. The van der Waals surface area contributed by atoms with E-state index in [9.17, 15) is 6.85 Å². The first-order chi connectivity index (χ1) is 43.9. The Morgan fingerprint density at radius 1 is 0.494 bits per heavy atom. The number of para-hydroxylation sites is 3. The molecule has 0 N–H and O–H groups in total. The smallest absolute Gasteiger partial charge is 0.137 e. The number of benzene rings is 9. The number of fused-ring (bicyclic) bond motifs is 5. The van der Waals surface area contributed by atoms with Crippen LogP contribution in [-0.4, -0.2) is 16.2 Å². The highest BCUT2D eigenvalue weighted by molar-refractivity contribution is 6.09. The van der Waals surface area contributed by atoms with E-state index in [2.05, 4.69) is 119 Å². The summed E-state index contributed by atoms with van der Waals surface area (Å²) in [4.78, 5) is 9.40. The Labute approximate surface area is 496 Å². The van der Waals surface area contributed by atoms with E-state index < -0.39 is 46.5 Å². The largest absolute Gasteiger partial charge is 0.457 e. The first-order valence-electron chi connectivity index (χ1n) is 33.9. The van der Waals surface area contributed by atoms with Crippen LogP contribution < -0.4 is 14.5 Å². The van der Waals surface area contributed by atoms with Crippen molar-refractivity contribution in [1.29, 1.82) is 0 Å². The van der Waals surface area contributed by atoms with Gasteiger partial charge in [-0.3, -0.25) is 4.57 Å². The van der Waals surface area contributed by atoms with E-state index in [4.69, 9.17) is 19.3 Å². The van der Waals surface area contributed by atoms with Gasteiger partial charge in [0.15, 0.2) is 0 Å². The number of anilines is 4. The summed E-state index contributed by atoms with van der Waals surface area (Å²) in [5.74, 6) is 1.15.